The van der Waals surface area contributed by atoms with Gasteiger partial charge in [-0.1, -0.05) is 19.1 Å². The molecule has 1 saturated heterocycles. The molecule has 1 aromatic carbocycles. The summed E-state index contributed by atoms with van der Waals surface area (Å²) in [6.45, 7) is 6.08. The highest BCUT2D eigenvalue weighted by Gasteiger charge is 2.40. The minimum atomic E-state index is -3.44. The summed E-state index contributed by atoms with van der Waals surface area (Å²) in [6.07, 6.45) is 4.18. The molecular formula is C19H28N4O2S. The van der Waals surface area contributed by atoms with Gasteiger partial charge in [0.05, 0.1) is 0 Å². The van der Waals surface area contributed by atoms with Gasteiger partial charge < -0.3 is 9.47 Å². The summed E-state index contributed by atoms with van der Waals surface area (Å²) in [7, 11) is -1.32. The molecule has 0 radical (unpaired) electrons. The van der Waals surface area contributed by atoms with E-state index in [9.17, 15) is 8.42 Å². The minimum Gasteiger partial charge on any atom is -0.347 e. The summed E-state index contributed by atoms with van der Waals surface area (Å²) in [5, 5.41) is 1.39. The van der Waals surface area contributed by atoms with E-state index in [1.54, 1.807) is 6.92 Å². The summed E-state index contributed by atoms with van der Waals surface area (Å²) in [6, 6.07) is 6.93. The predicted octanol–water partition coefficient (Wildman–Crippen LogP) is 1.82. The van der Waals surface area contributed by atoms with Crippen molar-refractivity contribution in [1.29, 1.82) is 0 Å². The second-order valence-electron chi connectivity index (χ2n) is 7.55. The van der Waals surface area contributed by atoms with Crippen LogP contribution in [0.1, 0.15) is 37.3 Å². The third-order valence-electron chi connectivity index (χ3n) is 5.92. The quantitative estimate of drug-likeness (QED) is 0.837. The van der Waals surface area contributed by atoms with E-state index in [0.29, 0.717) is 18.5 Å². The van der Waals surface area contributed by atoms with Gasteiger partial charge in [-0.3, -0.25) is 0 Å². The molecule has 0 saturated carbocycles. The van der Waals surface area contributed by atoms with E-state index in [1.165, 1.54) is 22.0 Å². The fourth-order valence-electron chi connectivity index (χ4n) is 4.92. The second kappa shape index (κ2) is 6.64. The van der Waals surface area contributed by atoms with E-state index < -0.39 is 10.2 Å². The van der Waals surface area contributed by atoms with E-state index >= 15 is 0 Å². The standard InChI is InChI=1S/C19H28N4O2S/c1-4-20-26(24,25)21-14-10-16-15-7-6-8-17-19(15)13(11-23(17)5-2)9-18(16)22(3)12-14/h6-8,11,14,16,18,20-21H,4-5,9-10,12H2,1-3H3. The molecule has 142 valence electrons. The molecule has 2 aliphatic rings. The summed E-state index contributed by atoms with van der Waals surface area (Å²) >= 11 is 0. The maximum atomic E-state index is 12.2. The van der Waals surface area contributed by atoms with Gasteiger partial charge in [-0.2, -0.15) is 13.1 Å². The first-order valence-electron chi connectivity index (χ1n) is 9.51. The van der Waals surface area contributed by atoms with Gasteiger partial charge in [-0.25, -0.2) is 4.72 Å². The van der Waals surface area contributed by atoms with Crippen molar-refractivity contribution in [3.8, 4) is 0 Å². The molecule has 1 aliphatic carbocycles. The fraction of sp³-hybridized carbons (Fsp3) is 0.579. The van der Waals surface area contributed by atoms with Gasteiger partial charge in [0.25, 0.3) is 10.2 Å². The van der Waals surface area contributed by atoms with E-state index in [0.717, 1.165) is 25.9 Å². The number of likely N-dealkylation sites (tertiary alicyclic amines) is 1. The third kappa shape index (κ3) is 2.97. The van der Waals surface area contributed by atoms with Gasteiger partial charge >= 0.3 is 0 Å². The number of nitrogens with one attached hydrogen (secondary N) is 2. The zero-order valence-electron chi connectivity index (χ0n) is 15.7. The van der Waals surface area contributed by atoms with E-state index in [1.807, 2.05) is 0 Å². The van der Waals surface area contributed by atoms with Gasteiger partial charge in [0.2, 0.25) is 0 Å². The van der Waals surface area contributed by atoms with Gasteiger partial charge in [0, 0.05) is 54.7 Å². The molecule has 2 N–H and O–H groups in total. The first-order valence-corrected chi connectivity index (χ1v) is 11.0. The van der Waals surface area contributed by atoms with Crippen molar-refractivity contribution < 1.29 is 8.42 Å². The fourth-order valence-corrected chi connectivity index (χ4v) is 5.99. The van der Waals surface area contributed by atoms with Crippen molar-refractivity contribution in [3.05, 3.63) is 35.5 Å². The molecular weight excluding hydrogens is 348 g/mol. The molecule has 1 aliphatic heterocycles. The van der Waals surface area contributed by atoms with Crippen LogP contribution >= 0.6 is 0 Å². The van der Waals surface area contributed by atoms with Gasteiger partial charge in [-0.15, -0.1) is 0 Å². The number of hydrogen-bond acceptors (Lipinski definition) is 3. The number of likely N-dealkylation sites (N-methyl/N-ethyl adjacent to an activating group) is 1. The molecule has 3 atom stereocenters. The summed E-state index contributed by atoms with van der Waals surface area (Å²) < 4.78 is 32.0. The SMILES string of the molecule is CCNS(=O)(=O)NC1CC2c3cccc4c3c(cn4CC)CC2N(C)C1. The number of rotatable bonds is 5. The lowest BCUT2D eigenvalue weighted by molar-refractivity contribution is 0.135. The number of piperidine rings is 1. The first-order chi connectivity index (χ1) is 12.4. The highest BCUT2D eigenvalue weighted by atomic mass is 32.2. The van der Waals surface area contributed by atoms with Crippen molar-refractivity contribution in [2.45, 2.75) is 51.2 Å². The highest BCUT2D eigenvalue weighted by Crippen LogP contribution is 2.43. The monoisotopic (exact) mass is 376 g/mol. The van der Waals surface area contributed by atoms with E-state index in [-0.39, 0.29) is 6.04 Å². The second-order valence-corrected chi connectivity index (χ2v) is 9.08. The Bertz CT molecular complexity index is 921. The highest BCUT2D eigenvalue weighted by molar-refractivity contribution is 7.87. The Morgan fingerprint density at radius 2 is 2.08 bits per heavy atom. The Labute approximate surface area is 155 Å². The Morgan fingerprint density at radius 1 is 1.27 bits per heavy atom. The molecule has 0 amide bonds. The normalized spacial score (nSPS) is 26.2. The maximum absolute atomic E-state index is 12.2. The molecule has 3 unspecified atom stereocenters. The van der Waals surface area contributed by atoms with Crippen LogP contribution in [0.2, 0.25) is 0 Å². The van der Waals surface area contributed by atoms with Crippen LogP contribution in [-0.2, 0) is 23.2 Å². The van der Waals surface area contributed by atoms with Crippen LogP contribution in [0.5, 0.6) is 0 Å². The molecule has 2 aromatic rings. The molecule has 6 nitrogen and oxygen atoms in total. The van der Waals surface area contributed by atoms with Crippen LogP contribution in [0.4, 0.5) is 0 Å². The molecule has 2 heterocycles. The molecule has 1 aromatic heterocycles. The van der Waals surface area contributed by atoms with Crippen LogP contribution in [0.3, 0.4) is 0 Å². The van der Waals surface area contributed by atoms with Crippen LogP contribution in [0.25, 0.3) is 10.9 Å². The molecule has 0 bridgehead atoms. The smallest absolute Gasteiger partial charge is 0.277 e. The molecule has 4 rings (SSSR count). The van der Waals surface area contributed by atoms with Crippen LogP contribution in [0, 0.1) is 0 Å². The number of nitrogens with zero attached hydrogens (tertiary/aromatic N) is 2. The molecule has 7 heteroatoms. The van der Waals surface area contributed by atoms with Gasteiger partial charge in [-0.05, 0) is 44.0 Å². The lowest BCUT2D eigenvalue weighted by Gasteiger charge is -2.45. The van der Waals surface area contributed by atoms with Crippen LogP contribution in [0.15, 0.2) is 24.4 Å². The topological polar surface area (TPSA) is 66.4 Å². The molecule has 1 fully saturated rings. The Morgan fingerprint density at radius 3 is 2.81 bits per heavy atom. The van der Waals surface area contributed by atoms with Crippen molar-refractivity contribution in [3.63, 3.8) is 0 Å². The molecule has 26 heavy (non-hydrogen) atoms. The van der Waals surface area contributed by atoms with E-state index in [4.69, 9.17) is 0 Å². The number of aromatic nitrogens is 1. The third-order valence-corrected chi connectivity index (χ3v) is 7.23. The zero-order valence-corrected chi connectivity index (χ0v) is 16.5. The maximum Gasteiger partial charge on any atom is 0.277 e. The van der Waals surface area contributed by atoms with Crippen molar-refractivity contribution in [1.82, 2.24) is 18.9 Å². The Hall–Kier alpha value is -1.41. The summed E-state index contributed by atoms with van der Waals surface area (Å²) in [5.41, 5.74) is 4.11. The number of hydrogen-bond donors (Lipinski definition) is 2. The number of aryl methyl sites for hydroxylation is 1. The summed E-state index contributed by atoms with van der Waals surface area (Å²) in [4.78, 5) is 2.33. The predicted molar refractivity (Wildman–Crippen MR) is 105 cm³/mol. The summed E-state index contributed by atoms with van der Waals surface area (Å²) in [5.74, 6) is 0.354. The van der Waals surface area contributed by atoms with Crippen molar-refractivity contribution in [2.75, 3.05) is 20.1 Å². The molecule has 0 spiro atoms. The number of benzene rings is 1. The minimum absolute atomic E-state index is 0.0737. The number of fused-ring (bicyclic) bond motifs is 2. The van der Waals surface area contributed by atoms with E-state index in [2.05, 4.69) is 57.3 Å². The average Bonchev–Trinajstić information content (AvgIpc) is 2.95. The Balaban J connectivity index is 1.70. The lowest BCUT2D eigenvalue weighted by atomic mass is 9.74. The lowest BCUT2D eigenvalue weighted by Crippen LogP contribution is -2.56. The van der Waals surface area contributed by atoms with Crippen molar-refractivity contribution in [2.24, 2.45) is 0 Å². The zero-order chi connectivity index (χ0) is 18.5. The van der Waals surface area contributed by atoms with Gasteiger partial charge in [0.1, 0.15) is 0 Å². The van der Waals surface area contributed by atoms with Crippen LogP contribution in [-0.4, -0.2) is 50.1 Å². The largest absolute Gasteiger partial charge is 0.347 e. The first kappa shape index (κ1) is 18.0. The van der Waals surface area contributed by atoms with Crippen molar-refractivity contribution >= 4 is 21.1 Å². The average molecular weight is 377 g/mol. The Kier molecular flexibility index (Phi) is 4.59. The van der Waals surface area contributed by atoms with Crippen LogP contribution < -0.4 is 9.44 Å². The van der Waals surface area contributed by atoms with Gasteiger partial charge in [0.15, 0.2) is 0 Å².